The molecule has 1 aliphatic carbocycles. The fourth-order valence-corrected chi connectivity index (χ4v) is 2.98. The predicted octanol–water partition coefficient (Wildman–Crippen LogP) is 3.30. The van der Waals surface area contributed by atoms with Crippen molar-refractivity contribution in [1.82, 2.24) is 0 Å². The summed E-state index contributed by atoms with van der Waals surface area (Å²) in [6.07, 6.45) is 3.87. The van der Waals surface area contributed by atoms with E-state index in [9.17, 15) is 9.59 Å². The van der Waals surface area contributed by atoms with Crippen molar-refractivity contribution in [2.24, 2.45) is 11.3 Å². The fourth-order valence-electron chi connectivity index (χ4n) is 2.98. The van der Waals surface area contributed by atoms with E-state index in [0.717, 1.165) is 25.7 Å². The van der Waals surface area contributed by atoms with Crippen LogP contribution in [0.1, 0.15) is 39.5 Å². The number of carbonyl (C=O) groups is 2. The van der Waals surface area contributed by atoms with Crippen molar-refractivity contribution in [3.05, 3.63) is 24.3 Å². The molecule has 120 valence electrons. The Morgan fingerprint density at radius 1 is 1.36 bits per heavy atom. The third-order valence-electron chi connectivity index (χ3n) is 4.05. The van der Waals surface area contributed by atoms with E-state index in [1.165, 1.54) is 0 Å². The van der Waals surface area contributed by atoms with E-state index in [-0.39, 0.29) is 11.3 Å². The van der Waals surface area contributed by atoms with Gasteiger partial charge < -0.3 is 15.2 Å². The highest BCUT2D eigenvalue weighted by Crippen LogP contribution is 2.46. The molecule has 0 unspecified atom stereocenters. The van der Waals surface area contributed by atoms with Gasteiger partial charge in [0.05, 0.1) is 0 Å². The Morgan fingerprint density at radius 2 is 2.09 bits per heavy atom. The third kappa shape index (κ3) is 4.00. The molecule has 1 saturated carbocycles. The number of hydrogen-bond acceptors (Lipinski definition) is 3. The topological polar surface area (TPSA) is 75.6 Å². The summed E-state index contributed by atoms with van der Waals surface area (Å²) >= 11 is 0. The van der Waals surface area contributed by atoms with Crippen molar-refractivity contribution >= 4 is 17.6 Å². The highest BCUT2D eigenvalue weighted by Gasteiger charge is 2.44. The van der Waals surface area contributed by atoms with Gasteiger partial charge in [0.15, 0.2) is 6.61 Å². The summed E-state index contributed by atoms with van der Waals surface area (Å²) in [5.74, 6) is -0.0503. The summed E-state index contributed by atoms with van der Waals surface area (Å²) in [6, 6.07) is 6.85. The molecule has 0 bridgehead atoms. The van der Waals surface area contributed by atoms with Gasteiger partial charge in [-0.15, -0.1) is 0 Å². The van der Waals surface area contributed by atoms with Gasteiger partial charge in [-0.1, -0.05) is 26.3 Å². The minimum Gasteiger partial charge on any atom is -0.482 e. The average Bonchev–Trinajstić information content (AvgIpc) is 2.40. The van der Waals surface area contributed by atoms with Crippen molar-refractivity contribution in [3.8, 4) is 5.75 Å². The number of amides is 1. The molecule has 1 aliphatic rings. The second-order valence-electron chi connectivity index (χ2n) is 6.40. The average molecular weight is 305 g/mol. The number of rotatable bonds is 7. The minimum absolute atomic E-state index is 0.0582. The standard InChI is InChI=1S/C17H23NO4/c1-12(2)10-17(7-4-8-17)16(21)18-13-5-3-6-14(9-13)22-11-15(19)20/h3,5-6,9,12H,4,7-8,10-11H2,1-2H3,(H,18,21)(H,19,20). The Labute approximate surface area is 130 Å². The molecular weight excluding hydrogens is 282 g/mol. The number of anilines is 1. The second-order valence-corrected chi connectivity index (χ2v) is 6.40. The monoisotopic (exact) mass is 305 g/mol. The van der Waals surface area contributed by atoms with Crippen molar-refractivity contribution in [2.45, 2.75) is 39.5 Å². The molecule has 2 rings (SSSR count). The number of ether oxygens (including phenoxy) is 1. The minimum atomic E-state index is -1.03. The van der Waals surface area contributed by atoms with E-state index in [0.29, 0.717) is 17.4 Å². The van der Waals surface area contributed by atoms with Crippen LogP contribution >= 0.6 is 0 Å². The number of hydrogen-bond donors (Lipinski definition) is 2. The molecule has 0 atom stereocenters. The largest absolute Gasteiger partial charge is 0.482 e. The summed E-state index contributed by atoms with van der Waals surface area (Å²) in [5, 5.41) is 11.6. The number of nitrogens with one attached hydrogen (secondary N) is 1. The van der Waals surface area contributed by atoms with Crippen LogP contribution in [-0.2, 0) is 9.59 Å². The van der Waals surface area contributed by atoms with Crippen molar-refractivity contribution in [1.29, 1.82) is 0 Å². The lowest BCUT2D eigenvalue weighted by Gasteiger charge is -2.41. The molecule has 2 N–H and O–H groups in total. The number of carboxylic acid groups (broad SMARTS) is 1. The predicted molar refractivity (Wildman–Crippen MR) is 83.9 cm³/mol. The van der Waals surface area contributed by atoms with Gasteiger partial charge in [-0.2, -0.15) is 0 Å². The van der Waals surface area contributed by atoms with E-state index in [1.807, 2.05) is 0 Å². The smallest absolute Gasteiger partial charge is 0.341 e. The zero-order valence-electron chi connectivity index (χ0n) is 13.1. The van der Waals surface area contributed by atoms with Crippen molar-refractivity contribution in [3.63, 3.8) is 0 Å². The molecule has 0 spiro atoms. The van der Waals surface area contributed by atoms with Gasteiger partial charge in [-0.3, -0.25) is 4.79 Å². The lowest BCUT2D eigenvalue weighted by atomic mass is 9.64. The van der Waals surface area contributed by atoms with Crippen LogP contribution in [0, 0.1) is 11.3 Å². The highest BCUT2D eigenvalue weighted by molar-refractivity contribution is 5.96. The first kappa shape index (κ1) is 16.3. The summed E-state index contributed by atoms with van der Waals surface area (Å²) in [5.41, 5.74) is 0.398. The maximum atomic E-state index is 12.6. The maximum Gasteiger partial charge on any atom is 0.341 e. The Hall–Kier alpha value is -2.04. The zero-order chi connectivity index (χ0) is 16.2. The van der Waals surface area contributed by atoms with Crippen LogP contribution in [0.25, 0.3) is 0 Å². The van der Waals surface area contributed by atoms with Gasteiger partial charge in [0.1, 0.15) is 5.75 Å². The first-order valence-corrected chi connectivity index (χ1v) is 7.67. The molecule has 0 heterocycles. The van der Waals surface area contributed by atoms with Crippen molar-refractivity contribution < 1.29 is 19.4 Å². The fraction of sp³-hybridized carbons (Fsp3) is 0.529. The molecule has 22 heavy (non-hydrogen) atoms. The SMILES string of the molecule is CC(C)CC1(C(=O)Nc2cccc(OCC(=O)O)c2)CCC1. The number of aliphatic carboxylic acids is 1. The van der Waals surface area contributed by atoms with E-state index >= 15 is 0 Å². The van der Waals surface area contributed by atoms with E-state index in [4.69, 9.17) is 9.84 Å². The molecule has 1 fully saturated rings. The van der Waals surface area contributed by atoms with Crippen LogP contribution in [0.15, 0.2) is 24.3 Å². The number of benzene rings is 1. The van der Waals surface area contributed by atoms with Crippen LogP contribution in [0.3, 0.4) is 0 Å². The molecule has 1 amide bonds. The Kier molecular flexibility index (Phi) is 5.06. The summed E-state index contributed by atoms with van der Waals surface area (Å²) in [7, 11) is 0. The Balaban J connectivity index is 2.02. The molecule has 1 aromatic rings. The van der Waals surface area contributed by atoms with Gasteiger partial charge >= 0.3 is 5.97 Å². The lowest BCUT2D eigenvalue weighted by molar-refractivity contribution is -0.139. The van der Waals surface area contributed by atoms with Crippen LogP contribution < -0.4 is 10.1 Å². The van der Waals surface area contributed by atoms with Gasteiger partial charge in [0, 0.05) is 17.2 Å². The summed E-state index contributed by atoms with van der Waals surface area (Å²) < 4.78 is 5.13. The Bertz CT molecular complexity index is 549. The molecule has 0 aliphatic heterocycles. The quantitative estimate of drug-likeness (QED) is 0.810. The molecule has 1 aromatic carbocycles. The maximum absolute atomic E-state index is 12.6. The van der Waals surface area contributed by atoms with Gasteiger partial charge in [-0.25, -0.2) is 4.79 Å². The van der Waals surface area contributed by atoms with Gasteiger partial charge in [0.25, 0.3) is 0 Å². The first-order valence-electron chi connectivity index (χ1n) is 7.67. The van der Waals surface area contributed by atoms with Gasteiger partial charge in [-0.05, 0) is 37.3 Å². The van der Waals surface area contributed by atoms with Crippen LogP contribution in [-0.4, -0.2) is 23.6 Å². The van der Waals surface area contributed by atoms with E-state index < -0.39 is 12.6 Å². The molecule has 0 saturated heterocycles. The highest BCUT2D eigenvalue weighted by atomic mass is 16.5. The molecule has 0 aromatic heterocycles. The third-order valence-corrected chi connectivity index (χ3v) is 4.05. The number of carbonyl (C=O) groups excluding carboxylic acids is 1. The summed E-state index contributed by atoms with van der Waals surface area (Å²) in [6.45, 7) is 3.87. The van der Waals surface area contributed by atoms with E-state index in [1.54, 1.807) is 24.3 Å². The van der Waals surface area contributed by atoms with Crippen LogP contribution in [0.4, 0.5) is 5.69 Å². The zero-order valence-corrected chi connectivity index (χ0v) is 13.1. The van der Waals surface area contributed by atoms with Crippen LogP contribution in [0.5, 0.6) is 5.75 Å². The molecular formula is C17H23NO4. The normalized spacial score (nSPS) is 16.0. The van der Waals surface area contributed by atoms with Crippen LogP contribution in [0.2, 0.25) is 0 Å². The second kappa shape index (κ2) is 6.81. The molecule has 5 nitrogen and oxygen atoms in total. The van der Waals surface area contributed by atoms with E-state index in [2.05, 4.69) is 19.2 Å². The summed E-state index contributed by atoms with van der Waals surface area (Å²) in [4.78, 5) is 23.1. The molecule has 0 radical (unpaired) electrons. The lowest BCUT2D eigenvalue weighted by Crippen LogP contribution is -2.42. The van der Waals surface area contributed by atoms with Gasteiger partial charge in [0.2, 0.25) is 5.91 Å². The first-order chi connectivity index (χ1) is 10.4. The number of carboxylic acids is 1. The Morgan fingerprint density at radius 3 is 2.64 bits per heavy atom. The molecule has 5 heteroatoms. The van der Waals surface area contributed by atoms with Crippen molar-refractivity contribution in [2.75, 3.05) is 11.9 Å².